The number of rotatable bonds is 3. The summed E-state index contributed by atoms with van der Waals surface area (Å²) >= 11 is 1.24. The molecule has 21 heavy (non-hydrogen) atoms. The number of thiophene rings is 1. The first-order valence-electron chi connectivity index (χ1n) is 6.31. The van der Waals surface area contributed by atoms with E-state index in [-0.39, 0.29) is 6.54 Å². The van der Waals surface area contributed by atoms with Crippen molar-refractivity contribution in [1.82, 2.24) is 0 Å². The summed E-state index contributed by atoms with van der Waals surface area (Å²) < 4.78 is 27.7. The Morgan fingerprint density at radius 1 is 1.24 bits per heavy atom. The van der Waals surface area contributed by atoms with Crippen molar-refractivity contribution in [3.8, 4) is 11.8 Å². The molecule has 2 rings (SSSR count). The van der Waals surface area contributed by atoms with Crippen LogP contribution in [0.15, 0.2) is 34.5 Å². The number of nitrogens with two attached hydrogens (primary N) is 1. The van der Waals surface area contributed by atoms with Gasteiger partial charge in [-0.25, -0.2) is 8.42 Å². The molecule has 4 nitrogen and oxygen atoms in total. The molecular weight excluding hydrogens is 304 g/mol. The number of hydrogen-bond donors (Lipinski definition) is 2. The van der Waals surface area contributed by atoms with Gasteiger partial charge in [-0.15, -0.1) is 11.3 Å². The van der Waals surface area contributed by atoms with E-state index in [1.54, 1.807) is 24.3 Å². The quantitative estimate of drug-likeness (QED) is 0.853. The van der Waals surface area contributed by atoms with Crippen molar-refractivity contribution in [3.05, 3.63) is 46.3 Å². The van der Waals surface area contributed by atoms with Gasteiger partial charge in [0.2, 0.25) is 0 Å². The highest BCUT2D eigenvalue weighted by molar-refractivity contribution is 7.94. The molecule has 0 bridgehead atoms. The second-order valence-corrected chi connectivity index (χ2v) is 7.72. The molecule has 1 aromatic carbocycles. The molecular formula is C15H16N2O2S2. The van der Waals surface area contributed by atoms with Gasteiger partial charge in [0.25, 0.3) is 10.0 Å². The highest BCUT2D eigenvalue weighted by atomic mass is 32.2. The number of anilines is 1. The van der Waals surface area contributed by atoms with Crippen molar-refractivity contribution >= 4 is 27.0 Å². The van der Waals surface area contributed by atoms with Gasteiger partial charge in [-0.05, 0) is 43.7 Å². The van der Waals surface area contributed by atoms with E-state index in [0.717, 1.165) is 10.4 Å². The molecule has 0 unspecified atom stereocenters. The molecule has 0 saturated carbocycles. The smallest absolute Gasteiger partial charge is 0.271 e. The Morgan fingerprint density at radius 3 is 2.62 bits per heavy atom. The Hall–Kier alpha value is -1.81. The van der Waals surface area contributed by atoms with Crippen molar-refractivity contribution in [3.63, 3.8) is 0 Å². The number of hydrogen-bond acceptors (Lipinski definition) is 4. The lowest BCUT2D eigenvalue weighted by Gasteiger charge is -2.09. The minimum absolute atomic E-state index is 0.226. The van der Waals surface area contributed by atoms with Gasteiger partial charge in [0.05, 0.1) is 12.2 Å². The van der Waals surface area contributed by atoms with Crippen molar-refractivity contribution in [2.24, 2.45) is 5.73 Å². The zero-order chi connectivity index (χ0) is 15.5. The molecule has 0 spiro atoms. The minimum Gasteiger partial charge on any atom is -0.320 e. The third-order valence-corrected chi connectivity index (χ3v) is 5.58. The van der Waals surface area contributed by atoms with Crippen molar-refractivity contribution in [2.75, 3.05) is 11.3 Å². The maximum atomic E-state index is 12.4. The van der Waals surface area contributed by atoms with Crippen LogP contribution in [-0.4, -0.2) is 15.0 Å². The van der Waals surface area contributed by atoms with Gasteiger partial charge in [-0.3, -0.25) is 4.72 Å². The van der Waals surface area contributed by atoms with E-state index in [9.17, 15) is 8.42 Å². The summed E-state index contributed by atoms with van der Waals surface area (Å²) in [6.07, 6.45) is 0. The molecule has 1 aromatic heterocycles. The fourth-order valence-corrected chi connectivity index (χ4v) is 4.10. The van der Waals surface area contributed by atoms with E-state index in [1.807, 2.05) is 19.9 Å². The van der Waals surface area contributed by atoms with Gasteiger partial charge >= 0.3 is 0 Å². The summed E-state index contributed by atoms with van der Waals surface area (Å²) in [5.41, 5.74) is 7.41. The molecule has 0 saturated heterocycles. The van der Waals surface area contributed by atoms with E-state index in [4.69, 9.17) is 5.73 Å². The Balaban J connectivity index is 2.41. The average molecular weight is 320 g/mol. The van der Waals surface area contributed by atoms with E-state index < -0.39 is 10.0 Å². The number of benzene rings is 1. The Morgan fingerprint density at radius 2 is 2.00 bits per heavy atom. The molecule has 0 radical (unpaired) electrons. The average Bonchev–Trinajstić information content (AvgIpc) is 2.85. The highest BCUT2D eigenvalue weighted by Gasteiger charge is 2.17. The van der Waals surface area contributed by atoms with Crippen LogP contribution in [0.1, 0.15) is 16.0 Å². The van der Waals surface area contributed by atoms with Crippen LogP contribution in [0.3, 0.4) is 0 Å². The predicted molar refractivity (Wildman–Crippen MR) is 87.0 cm³/mol. The monoisotopic (exact) mass is 320 g/mol. The highest BCUT2D eigenvalue weighted by Crippen LogP contribution is 2.25. The Labute approximate surface area is 129 Å². The molecule has 6 heteroatoms. The molecule has 0 fully saturated rings. The molecule has 0 amide bonds. The number of sulfonamides is 1. The van der Waals surface area contributed by atoms with Crippen LogP contribution < -0.4 is 10.5 Å². The molecule has 0 aliphatic carbocycles. The predicted octanol–water partition coefficient (Wildman–Crippen LogP) is 2.48. The Kier molecular flexibility index (Phi) is 4.68. The fourth-order valence-electron chi connectivity index (χ4n) is 1.75. The molecule has 0 aliphatic rings. The molecule has 3 N–H and O–H groups in total. The summed E-state index contributed by atoms with van der Waals surface area (Å²) in [5, 5.41) is 0. The second kappa shape index (κ2) is 6.31. The van der Waals surface area contributed by atoms with Crippen LogP contribution in [0, 0.1) is 25.7 Å². The van der Waals surface area contributed by atoms with E-state index in [2.05, 4.69) is 16.6 Å². The standard InChI is InChI=1S/C15H16N2O2S2/c1-11-5-7-13(4-3-9-16)14(10-11)17-21(18,19)15-8-6-12(2)20-15/h5-8,10,17H,9,16H2,1-2H3. The van der Waals surface area contributed by atoms with Gasteiger partial charge in [0.15, 0.2) is 0 Å². The van der Waals surface area contributed by atoms with Crippen molar-refractivity contribution < 1.29 is 8.42 Å². The number of aryl methyl sites for hydroxylation is 2. The minimum atomic E-state index is -3.59. The Bertz CT molecular complexity index is 812. The maximum absolute atomic E-state index is 12.4. The van der Waals surface area contributed by atoms with E-state index in [0.29, 0.717) is 15.5 Å². The fraction of sp³-hybridized carbons (Fsp3) is 0.200. The second-order valence-electron chi connectivity index (χ2n) is 4.53. The van der Waals surface area contributed by atoms with Gasteiger partial charge in [-0.1, -0.05) is 17.9 Å². The first-order chi connectivity index (χ1) is 9.92. The SMILES string of the molecule is Cc1ccc(C#CCN)c(NS(=O)(=O)c2ccc(C)s2)c1. The molecule has 2 aromatic rings. The molecule has 1 heterocycles. The zero-order valence-electron chi connectivity index (χ0n) is 11.8. The summed E-state index contributed by atoms with van der Waals surface area (Å²) in [6, 6.07) is 8.82. The lowest BCUT2D eigenvalue weighted by atomic mass is 10.1. The van der Waals surface area contributed by atoms with Crippen LogP contribution in [0.4, 0.5) is 5.69 Å². The summed E-state index contributed by atoms with van der Waals surface area (Å²) in [6.45, 7) is 3.99. The van der Waals surface area contributed by atoms with Gasteiger partial charge in [-0.2, -0.15) is 0 Å². The lowest BCUT2D eigenvalue weighted by molar-refractivity contribution is 0.603. The normalized spacial score (nSPS) is 10.8. The van der Waals surface area contributed by atoms with Crippen LogP contribution in [0.2, 0.25) is 0 Å². The van der Waals surface area contributed by atoms with Crippen LogP contribution >= 0.6 is 11.3 Å². The van der Waals surface area contributed by atoms with E-state index in [1.165, 1.54) is 11.3 Å². The van der Waals surface area contributed by atoms with Gasteiger partial charge in [0.1, 0.15) is 4.21 Å². The molecule has 0 aliphatic heterocycles. The molecule has 0 atom stereocenters. The summed E-state index contributed by atoms with van der Waals surface area (Å²) in [5.74, 6) is 5.62. The van der Waals surface area contributed by atoms with Crippen LogP contribution in [0.5, 0.6) is 0 Å². The van der Waals surface area contributed by atoms with Gasteiger partial charge in [0, 0.05) is 10.4 Å². The van der Waals surface area contributed by atoms with Gasteiger partial charge < -0.3 is 5.73 Å². The van der Waals surface area contributed by atoms with Crippen LogP contribution in [-0.2, 0) is 10.0 Å². The van der Waals surface area contributed by atoms with Crippen LogP contribution in [0.25, 0.3) is 0 Å². The first-order valence-corrected chi connectivity index (χ1v) is 8.61. The third-order valence-electron chi connectivity index (χ3n) is 2.73. The topological polar surface area (TPSA) is 72.2 Å². The van der Waals surface area contributed by atoms with Crippen molar-refractivity contribution in [2.45, 2.75) is 18.1 Å². The third kappa shape index (κ3) is 3.85. The van der Waals surface area contributed by atoms with E-state index >= 15 is 0 Å². The molecule has 110 valence electrons. The largest absolute Gasteiger partial charge is 0.320 e. The zero-order valence-corrected chi connectivity index (χ0v) is 13.4. The maximum Gasteiger partial charge on any atom is 0.271 e. The van der Waals surface area contributed by atoms with Crippen molar-refractivity contribution in [1.29, 1.82) is 0 Å². The lowest BCUT2D eigenvalue weighted by Crippen LogP contribution is -2.12. The summed E-state index contributed by atoms with van der Waals surface area (Å²) in [4.78, 5) is 0.947. The summed E-state index contributed by atoms with van der Waals surface area (Å²) in [7, 11) is -3.59. The number of nitrogens with one attached hydrogen (secondary N) is 1. The first kappa shape index (κ1) is 15.6.